The van der Waals surface area contributed by atoms with E-state index in [9.17, 15) is 4.39 Å². The maximum atomic E-state index is 13.5. The molecule has 2 nitrogen and oxygen atoms in total. The van der Waals surface area contributed by atoms with Crippen molar-refractivity contribution in [3.63, 3.8) is 0 Å². The topological polar surface area (TPSA) is 21.3 Å². The Balaban J connectivity index is 1.81. The fourth-order valence-electron chi connectivity index (χ4n) is 2.36. The highest BCUT2D eigenvalue weighted by Gasteiger charge is 2.20. The normalized spacial score (nSPS) is 24.2. The number of benzene rings is 1. The van der Waals surface area contributed by atoms with E-state index in [-0.39, 0.29) is 11.9 Å². The Labute approximate surface area is 112 Å². The molecular weight excluding hydrogens is 253 g/mol. The van der Waals surface area contributed by atoms with Crippen molar-refractivity contribution in [2.24, 2.45) is 0 Å². The fraction of sp³-hybridized carbons (Fsp3) is 0.571. The summed E-state index contributed by atoms with van der Waals surface area (Å²) < 4.78 is 19.3. The highest BCUT2D eigenvalue weighted by molar-refractivity contribution is 6.30. The van der Waals surface area contributed by atoms with E-state index in [0.29, 0.717) is 23.2 Å². The van der Waals surface area contributed by atoms with Gasteiger partial charge < -0.3 is 10.1 Å². The largest absolute Gasteiger partial charge is 0.373 e. The van der Waals surface area contributed by atoms with Crippen LogP contribution in [0.3, 0.4) is 0 Å². The summed E-state index contributed by atoms with van der Waals surface area (Å²) in [6.45, 7) is 0.331. The van der Waals surface area contributed by atoms with E-state index in [2.05, 4.69) is 5.32 Å². The summed E-state index contributed by atoms with van der Waals surface area (Å²) in [7, 11) is 1.99. The predicted molar refractivity (Wildman–Crippen MR) is 71.3 cm³/mol. The molecule has 1 saturated carbocycles. The van der Waals surface area contributed by atoms with E-state index in [1.165, 1.54) is 6.07 Å². The first-order valence-corrected chi connectivity index (χ1v) is 6.79. The second-order valence-electron chi connectivity index (χ2n) is 4.81. The van der Waals surface area contributed by atoms with Crippen molar-refractivity contribution in [1.82, 2.24) is 5.32 Å². The van der Waals surface area contributed by atoms with E-state index < -0.39 is 0 Å². The van der Waals surface area contributed by atoms with Crippen molar-refractivity contribution >= 4 is 11.6 Å². The predicted octanol–water partition coefficient (Wildman–Crippen LogP) is 3.53. The molecule has 0 saturated heterocycles. The molecule has 0 radical (unpaired) electrons. The molecule has 0 aromatic heterocycles. The molecule has 4 heteroatoms. The van der Waals surface area contributed by atoms with Crippen LogP contribution in [-0.2, 0) is 11.3 Å². The summed E-state index contributed by atoms with van der Waals surface area (Å²) in [5.41, 5.74) is 0.579. The maximum Gasteiger partial charge on any atom is 0.130 e. The molecule has 0 atom stereocenters. The Hall–Kier alpha value is -0.640. The Bertz CT molecular complexity index is 391. The van der Waals surface area contributed by atoms with Gasteiger partial charge in [-0.2, -0.15) is 0 Å². The minimum Gasteiger partial charge on any atom is -0.373 e. The van der Waals surface area contributed by atoms with Crippen molar-refractivity contribution < 1.29 is 9.13 Å². The lowest BCUT2D eigenvalue weighted by Crippen LogP contribution is -2.32. The van der Waals surface area contributed by atoms with Crippen LogP contribution in [-0.4, -0.2) is 19.2 Å². The summed E-state index contributed by atoms with van der Waals surface area (Å²) in [6.07, 6.45) is 4.60. The Kier molecular flexibility index (Phi) is 4.98. The fourth-order valence-corrected chi connectivity index (χ4v) is 2.52. The first-order valence-electron chi connectivity index (χ1n) is 6.42. The Morgan fingerprint density at radius 1 is 1.33 bits per heavy atom. The number of hydrogen-bond donors (Lipinski definition) is 1. The van der Waals surface area contributed by atoms with Gasteiger partial charge in [-0.3, -0.25) is 0 Å². The van der Waals surface area contributed by atoms with Crippen molar-refractivity contribution in [2.45, 2.75) is 44.4 Å². The molecule has 18 heavy (non-hydrogen) atoms. The minimum atomic E-state index is -0.286. The summed E-state index contributed by atoms with van der Waals surface area (Å²) in [5.74, 6) is -0.286. The van der Waals surface area contributed by atoms with Crippen LogP contribution >= 0.6 is 11.6 Å². The van der Waals surface area contributed by atoms with Gasteiger partial charge in [-0.15, -0.1) is 0 Å². The van der Waals surface area contributed by atoms with Gasteiger partial charge in [-0.1, -0.05) is 17.7 Å². The standard InChI is InChI=1S/C14H19ClFNO/c1-17-12-4-6-13(7-5-12)18-9-10-2-3-11(15)8-14(10)16/h2-3,8,12-13,17H,4-7,9H2,1H3. The van der Waals surface area contributed by atoms with Gasteiger partial charge in [0, 0.05) is 16.6 Å². The molecule has 0 unspecified atom stereocenters. The maximum absolute atomic E-state index is 13.5. The SMILES string of the molecule is CNC1CCC(OCc2ccc(Cl)cc2F)CC1. The van der Waals surface area contributed by atoms with Crippen molar-refractivity contribution in [2.75, 3.05) is 7.05 Å². The second-order valence-corrected chi connectivity index (χ2v) is 5.25. The second kappa shape index (κ2) is 6.50. The van der Waals surface area contributed by atoms with Crippen LogP contribution in [0.15, 0.2) is 18.2 Å². The van der Waals surface area contributed by atoms with Gasteiger partial charge in [-0.25, -0.2) is 4.39 Å². The number of ether oxygens (including phenoxy) is 1. The van der Waals surface area contributed by atoms with Gasteiger partial charge in [0.1, 0.15) is 5.82 Å². The Morgan fingerprint density at radius 2 is 2.06 bits per heavy atom. The summed E-state index contributed by atoms with van der Waals surface area (Å²) in [6, 6.07) is 5.33. The number of nitrogens with one attached hydrogen (secondary N) is 1. The van der Waals surface area contributed by atoms with E-state index in [1.807, 2.05) is 7.05 Å². The van der Waals surface area contributed by atoms with Crippen LogP contribution in [0.4, 0.5) is 4.39 Å². The van der Waals surface area contributed by atoms with Crippen LogP contribution < -0.4 is 5.32 Å². The van der Waals surface area contributed by atoms with Gasteiger partial charge in [-0.05, 0) is 44.9 Å². The Morgan fingerprint density at radius 3 is 2.67 bits per heavy atom. The lowest BCUT2D eigenvalue weighted by Gasteiger charge is -2.28. The molecule has 0 aliphatic heterocycles. The monoisotopic (exact) mass is 271 g/mol. The van der Waals surface area contributed by atoms with Gasteiger partial charge in [0.15, 0.2) is 0 Å². The van der Waals surface area contributed by atoms with Gasteiger partial charge >= 0.3 is 0 Å². The molecule has 0 spiro atoms. The zero-order valence-electron chi connectivity index (χ0n) is 10.6. The van der Waals surface area contributed by atoms with Crippen LogP contribution in [0.5, 0.6) is 0 Å². The zero-order chi connectivity index (χ0) is 13.0. The third-order valence-electron chi connectivity index (χ3n) is 3.57. The van der Waals surface area contributed by atoms with Crippen LogP contribution in [0.1, 0.15) is 31.2 Å². The van der Waals surface area contributed by atoms with Gasteiger partial charge in [0.05, 0.1) is 12.7 Å². The lowest BCUT2D eigenvalue weighted by atomic mass is 9.93. The van der Waals surface area contributed by atoms with Crippen molar-refractivity contribution in [3.05, 3.63) is 34.6 Å². The third-order valence-corrected chi connectivity index (χ3v) is 3.81. The number of rotatable bonds is 4. The zero-order valence-corrected chi connectivity index (χ0v) is 11.3. The molecule has 100 valence electrons. The molecule has 0 amide bonds. The average Bonchev–Trinajstić information content (AvgIpc) is 2.38. The average molecular weight is 272 g/mol. The first-order chi connectivity index (χ1) is 8.69. The highest BCUT2D eigenvalue weighted by Crippen LogP contribution is 2.23. The van der Waals surface area contributed by atoms with E-state index in [1.54, 1.807) is 12.1 Å². The van der Waals surface area contributed by atoms with E-state index >= 15 is 0 Å². The highest BCUT2D eigenvalue weighted by atomic mass is 35.5. The summed E-state index contributed by atoms with van der Waals surface area (Å²) >= 11 is 5.71. The lowest BCUT2D eigenvalue weighted by molar-refractivity contribution is 0.0106. The van der Waals surface area contributed by atoms with Crippen molar-refractivity contribution in [1.29, 1.82) is 0 Å². The molecule has 1 N–H and O–H groups in total. The molecular formula is C14H19ClFNO. The van der Waals surface area contributed by atoms with E-state index in [4.69, 9.17) is 16.3 Å². The molecule has 0 heterocycles. The molecule has 1 aromatic carbocycles. The summed E-state index contributed by atoms with van der Waals surface area (Å²) in [5, 5.41) is 3.71. The van der Waals surface area contributed by atoms with Gasteiger partial charge in [0.25, 0.3) is 0 Å². The molecule has 1 fully saturated rings. The first kappa shape index (κ1) is 13.8. The van der Waals surface area contributed by atoms with Gasteiger partial charge in [0.2, 0.25) is 0 Å². The van der Waals surface area contributed by atoms with Crippen LogP contribution in [0, 0.1) is 5.82 Å². The summed E-state index contributed by atoms with van der Waals surface area (Å²) in [4.78, 5) is 0. The molecule has 2 rings (SSSR count). The number of hydrogen-bond acceptors (Lipinski definition) is 2. The quantitative estimate of drug-likeness (QED) is 0.905. The van der Waals surface area contributed by atoms with E-state index in [0.717, 1.165) is 25.7 Å². The molecule has 0 bridgehead atoms. The number of halogens is 2. The van der Waals surface area contributed by atoms with Crippen molar-refractivity contribution in [3.8, 4) is 0 Å². The smallest absolute Gasteiger partial charge is 0.130 e. The third kappa shape index (κ3) is 3.67. The molecule has 1 aromatic rings. The van der Waals surface area contributed by atoms with Crippen LogP contribution in [0.2, 0.25) is 5.02 Å². The molecule has 1 aliphatic rings. The van der Waals surface area contributed by atoms with Crippen LogP contribution in [0.25, 0.3) is 0 Å². The minimum absolute atomic E-state index is 0.254. The molecule has 1 aliphatic carbocycles.